The lowest BCUT2D eigenvalue weighted by molar-refractivity contribution is -0.151. The number of fused-ring (bicyclic) bond motifs is 1. The summed E-state index contributed by atoms with van der Waals surface area (Å²) in [6.07, 6.45) is 0.295. The van der Waals surface area contributed by atoms with Gasteiger partial charge in [-0.2, -0.15) is 0 Å². The third-order valence-corrected chi connectivity index (χ3v) is 4.81. The average molecular weight is 366 g/mol. The lowest BCUT2D eigenvalue weighted by Gasteiger charge is -2.35. The Kier molecular flexibility index (Phi) is 5.54. The minimum atomic E-state index is -1.02. The molecule has 0 saturated carbocycles. The first-order chi connectivity index (χ1) is 13.0. The predicted molar refractivity (Wildman–Crippen MR) is 99.7 cm³/mol. The van der Waals surface area contributed by atoms with E-state index in [1.165, 1.54) is 11.8 Å². The van der Waals surface area contributed by atoms with E-state index in [2.05, 4.69) is 5.32 Å². The second-order valence-electron chi connectivity index (χ2n) is 6.72. The summed E-state index contributed by atoms with van der Waals surface area (Å²) < 4.78 is 0. The number of carboxylic acid groups (broad SMARTS) is 1. The fraction of sp³-hybridized carbons (Fsp3) is 0.286. The van der Waals surface area contributed by atoms with Crippen LogP contribution in [0.4, 0.5) is 0 Å². The molecule has 2 N–H and O–H groups in total. The minimum Gasteiger partial charge on any atom is -0.480 e. The minimum absolute atomic E-state index is 0.00946. The monoisotopic (exact) mass is 366 g/mol. The standard InChI is InChI=1S/C21H22N2O4/c1-14(24)22-18(15-7-3-2-4-8-15)12-20(25)23-13-17-10-6-5-9-16(17)11-19(23)21(26)27/h2-10,18-19H,11-13H2,1H3,(H,22,24)(H,26,27). The topological polar surface area (TPSA) is 86.7 Å². The van der Waals surface area contributed by atoms with Crippen molar-refractivity contribution in [2.24, 2.45) is 0 Å². The van der Waals surface area contributed by atoms with Crippen molar-refractivity contribution < 1.29 is 19.5 Å². The van der Waals surface area contributed by atoms with Gasteiger partial charge in [0.25, 0.3) is 0 Å². The zero-order chi connectivity index (χ0) is 19.4. The SMILES string of the molecule is CC(=O)NC(CC(=O)N1Cc2ccccc2CC1C(=O)O)c1ccccc1. The van der Waals surface area contributed by atoms with Crippen LogP contribution in [0.1, 0.15) is 36.1 Å². The van der Waals surface area contributed by atoms with Gasteiger partial charge in [-0.15, -0.1) is 0 Å². The molecule has 0 radical (unpaired) electrons. The summed E-state index contributed by atoms with van der Waals surface area (Å²) in [5.41, 5.74) is 2.72. The van der Waals surface area contributed by atoms with Crippen molar-refractivity contribution in [3.05, 3.63) is 71.3 Å². The largest absolute Gasteiger partial charge is 0.480 e. The van der Waals surface area contributed by atoms with Crippen molar-refractivity contribution in [3.8, 4) is 0 Å². The van der Waals surface area contributed by atoms with Gasteiger partial charge in [-0.05, 0) is 16.7 Å². The van der Waals surface area contributed by atoms with Gasteiger partial charge in [-0.25, -0.2) is 4.79 Å². The van der Waals surface area contributed by atoms with E-state index in [0.29, 0.717) is 0 Å². The van der Waals surface area contributed by atoms with Crippen LogP contribution in [0.5, 0.6) is 0 Å². The number of hydrogen-bond acceptors (Lipinski definition) is 3. The number of carbonyl (C=O) groups is 3. The number of benzene rings is 2. The van der Waals surface area contributed by atoms with Gasteiger partial charge in [0, 0.05) is 19.9 Å². The summed E-state index contributed by atoms with van der Waals surface area (Å²) >= 11 is 0. The third-order valence-electron chi connectivity index (χ3n) is 4.81. The summed E-state index contributed by atoms with van der Waals surface area (Å²) in [5, 5.41) is 12.4. The number of nitrogens with one attached hydrogen (secondary N) is 1. The molecule has 1 heterocycles. The molecule has 2 aromatic carbocycles. The van der Waals surface area contributed by atoms with Gasteiger partial charge in [0.15, 0.2) is 0 Å². The second kappa shape index (κ2) is 8.03. The van der Waals surface area contributed by atoms with Crippen molar-refractivity contribution in [3.63, 3.8) is 0 Å². The van der Waals surface area contributed by atoms with Crippen LogP contribution < -0.4 is 5.32 Å². The van der Waals surface area contributed by atoms with E-state index in [-0.39, 0.29) is 31.2 Å². The number of carboxylic acids is 1. The molecular formula is C21H22N2O4. The quantitative estimate of drug-likeness (QED) is 0.850. The molecule has 27 heavy (non-hydrogen) atoms. The van der Waals surface area contributed by atoms with Crippen LogP contribution >= 0.6 is 0 Å². The van der Waals surface area contributed by atoms with Gasteiger partial charge in [-0.1, -0.05) is 54.6 Å². The maximum atomic E-state index is 13.0. The van der Waals surface area contributed by atoms with E-state index in [1.54, 1.807) is 0 Å². The first kappa shape index (κ1) is 18.6. The second-order valence-corrected chi connectivity index (χ2v) is 6.72. The average Bonchev–Trinajstić information content (AvgIpc) is 2.66. The molecule has 1 aliphatic rings. The fourth-order valence-corrected chi connectivity index (χ4v) is 3.48. The van der Waals surface area contributed by atoms with Crippen molar-refractivity contribution in [1.82, 2.24) is 10.2 Å². The number of hydrogen-bond donors (Lipinski definition) is 2. The number of rotatable bonds is 5. The van der Waals surface area contributed by atoms with E-state index in [1.807, 2.05) is 54.6 Å². The summed E-state index contributed by atoms with van der Waals surface area (Å²) in [7, 11) is 0. The molecule has 0 aliphatic carbocycles. The highest BCUT2D eigenvalue weighted by molar-refractivity contribution is 5.85. The molecule has 0 bridgehead atoms. The van der Waals surface area contributed by atoms with Gasteiger partial charge >= 0.3 is 5.97 Å². The number of aliphatic carboxylic acids is 1. The molecule has 2 unspecified atom stereocenters. The Morgan fingerprint density at radius 2 is 1.70 bits per heavy atom. The number of nitrogens with zero attached hydrogens (tertiary/aromatic N) is 1. The zero-order valence-corrected chi connectivity index (χ0v) is 15.1. The normalized spacial score (nSPS) is 16.9. The summed E-state index contributed by atoms with van der Waals surface area (Å²) in [4.78, 5) is 37.7. The van der Waals surface area contributed by atoms with Crippen LogP contribution in [0, 0.1) is 0 Å². The highest BCUT2D eigenvalue weighted by atomic mass is 16.4. The Morgan fingerprint density at radius 3 is 2.33 bits per heavy atom. The number of carbonyl (C=O) groups excluding carboxylic acids is 2. The highest BCUT2D eigenvalue weighted by Crippen LogP contribution is 2.26. The first-order valence-electron chi connectivity index (χ1n) is 8.87. The predicted octanol–water partition coefficient (Wildman–Crippen LogP) is 2.29. The zero-order valence-electron chi connectivity index (χ0n) is 15.1. The molecule has 0 aromatic heterocycles. The summed E-state index contributed by atoms with van der Waals surface area (Å²) in [6, 6.07) is 15.4. The molecule has 140 valence electrons. The van der Waals surface area contributed by atoms with Crippen LogP contribution in [-0.2, 0) is 27.3 Å². The Hall–Kier alpha value is -3.15. The summed E-state index contributed by atoms with van der Waals surface area (Å²) in [5.74, 6) is -1.55. The van der Waals surface area contributed by atoms with E-state index in [4.69, 9.17) is 0 Å². The highest BCUT2D eigenvalue weighted by Gasteiger charge is 2.35. The molecule has 2 aromatic rings. The Morgan fingerprint density at radius 1 is 1.07 bits per heavy atom. The maximum Gasteiger partial charge on any atom is 0.326 e. The molecule has 0 spiro atoms. The fourth-order valence-electron chi connectivity index (χ4n) is 3.48. The van der Waals surface area contributed by atoms with Gasteiger partial charge in [0.1, 0.15) is 6.04 Å². The Labute approximate surface area is 157 Å². The van der Waals surface area contributed by atoms with Gasteiger partial charge in [-0.3, -0.25) is 9.59 Å². The maximum absolute atomic E-state index is 13.0. The van der Waals surface area contributed by atoms with E-state index >= 15 is 0 Å². The van der Waals surface area contributed by atoms with Crippen LogP contribution in [0.25, 0.3) is 0 Å². The molecule has 6 heteroatoms. The molecule has 2 amide bonds. The van der Waals surface area contributed by atoms with E-state index in [0.717, 1.165) is 16.7 Å². The van der Waals surface area contributed by atoms with Crippen molar-refractivity contribution in [2.75, 3.05) is 0 Å². The van der Waals surface area contributed by atoms with Crippen LogP contribution in [-0.4, -0.2) is 33.8 Å². The third kappa shape index (κ3) is 4.34. The lowest BCUT2D eigenvalue weighted by atomic mass is 9.93. The van der Waals surface area contributed by atoms with Gasteiger partial charge in [0.05, 0.1) is 12.5 Å². The molecule has 3 rings (SSSR count). The number of amides is 2. The molecule has 6 nitrogen and oxygen atoms in total. The molecular weight excluding hydrogens is 344 g/mol. The lowest BCUT2D eigenvalue weighted by Crippen LogP contribution is -2.49. The van der Waals surface area contributed by atoms with Gasteiger partial charge in [0.2, 0.25) is 11.8 Å². The molecule has 1 aliphatic heterocycles. The molecule has 0 fully saturated rings. The van der Waals surface area contributed by atoms with E-state index in [9.17, 15) is 19.5 Å². The van der Waals surface area contributed by atoms with Crippen LogP contribution in [0.15, 0.2) is 54.6 Å². The van der Waals surface area contributed by atoms with Crippen LogP contribution in [0.2, 0.25) is 0 Å². The molecule has 0 saturated heterocycles. The summed E-state index contributed by atoms with van der Waals surface area (Å²) in [6.45, 7) is 1.66. The van der Waals surface area contributed by atoms with E-state index < -0.39 is 18.1 Å². The smallest absolute Gasteiger partial charge is 0.326 e. The van der Waals surface area contributed by atoms with Gasteiger partial charge < -0.3 is 15.3 Å². The van der Waals surface area contributed by atoms with Crippen molar-refractivity contribution in [1.29, 1.82) is 0 Å². The Balaban J connectivity index is 1.83. The Bertz CT molecular complexity index is 850. The van der Waals surface area contributed by atoms with Crippen molar-refractivity contribution >= 4 is 17.8 Å². The van der Waals surface area contributed by atoms with Crippen LogP contribution in [0.3, 0.4) is 0 Å². The van der Waals surface area contributed by atoms with Crippen molar-refractivity contribution in [2.45, 2.75) is 38.4 Å². The first-order valence-corrected chi connectivity index (χ1v) is 8.87. The molecule has 2 atom stereocenters.